The second-order valence-electron chi connectivity index (χ2n) is 2.96. The average molecular weight is 148 g/mol. The first-order valence-electron chi connectivity index (χ1n) is 3.70. The first-order valence-corrected chi connectivity index (χ1v) is 3.70. The minimum atomic E-state index is -0.431. The molecule has 1 unspecified atom stereocenters. The largest absolute Gasteiger partial charge is 0.329 e. The maximum atomic E-state index is 8.82. The van der Waals surface area contributed by atoms with E-state index in [1.54, 1.807) is 0 Å². The van der Waals surface area contributed by atoms with Crippen molar-refractivity contribution in [3.63, 3.8) is 0 Å². The molecule has 0 spiro atoms. The van der Waals surface area contributed by atoms with Gasteiger partial charge in [-0.3, -0.25) is 0 Å². The molecule has 1 atom stereocenters. The maximum Gasteiger partial charge on any atom is 0.0912 e. The maximum absolute atomic E-state index is 8.82. The van der Waals surface area contributed by atoms with E-state index in [0.29, 0.717) is 6.54 Å². The fourth-order valence-corrected chi connectivity index (χ4v) is 1.05. The number of hydrogen-bond acceptors (Lipinski definition) is 2. The van der Waals surface area contributed by atoms with Crippen LogP contribution in [0.4, 0.5) is 0 Å². The Bertz CT molecular complexity index is 245. The molecule has 1 aliphatic carbocycles. The highest BCUT2D eigenvalue weighted by Gasteiger charge is 2.25. The summed E-state index contributed by atoms with van der Waals surface area (Å²) in [6, 6.07) is 2.23. The van der Waals surface area contributed by atoms with Crippen LogP contribution in [-0.4, -0.2) is 6.54 Å². The van der Waals surface area contributed by atoms with Gasteiger partial charge in [-0.15, -0.1) is 0 Å². The predicted molar refractivity (Wildman–Crippen MR) is 44.6 cm³/mol. The summed E-state index contributed by atoms with van der Waals surface area (Å²) in [5.74, 6) is 0. The minimum Gasteiger partial charge on any atom is -0.329 e. The van der Waals surface area contributed by atoms with E-state index in [1.165, 1.54) is 5.57 Å². The number of rotatable bonds is 1. The van der Waals surface area contributed by atoms with Gasteiger partial charge < -0.3 is 5.73 Å². The van der Waals surface area contributed by atoms with Crippen molar-refractivity contribution in [3.05, 3.63) is 23.8 Å². The predicted octanol–water partition coefficient (Wildman–Crippen LogP) is 1.36. The molecule has 0 saturated heterocycles. The molecule has 11 heavy (non-hydrogen) atoms. The van der Waals surface area contributed by atoms with Crippen molar-refractivity contribution in [2.24, 2.45) is 11.1 Å². The normalized spacial score (nSPS) is 29.4. The number of nitrogens with two attached hydrogens (primary N) is 1. The van der Waals surface area contributed by atoms with Gasteiger partial charge in [0.15, 0.2) is 0 Å². The van der Waals surface area contributed by atoms with Crippen molar-refractivity contribution in [1.29, 1.82) is 5.26 Å². The van der Waals surface area contributed by atoms with Gasteiger partial charge in [0.05, 0.1) is 11.5 Å². The van der Waals surface area contributed by atoms with Gasteiger partial charge in [-0.05, 0) is 13.3 Å². The topological polar surface area (TPSA) is 49.8 Å². The van der Waals surface area contributed by atoms with Crippen molar-refractivity contribution < 1.29 is 0 Å². The zero-order chi connectivity index (χ0) is 8.32. The van der Waals surface area contributed by atoms with Gasteiger partial charge in [-0.25, -0.2) is 0 Å². The Morgan fingerprint density at radius 3 is 2.91 bits per heavy atom. The van der Waals surface area contributed by atoms with Crippen molar-refractivity contribution in [3.8, 4) is 6.07 Å². The van der Waals surface area contributed by atoms with Crippen molar-refractivity contribution in [2.45, 2.75) is 13.3 Å². The fourth-order valence-electron chi connectivity index (χ4n) is 1.05. The first kappa shape index (κ1) is 8.03. The summed E-state index contributed by atoms with van der Waals surface area (Å²) in [5, 5.41) is 8.82. The second kappa shape index (κ2) is 2.89. The molecule has 0 fully saturated rings. The smallest absolute Gasteiger partial charge is 0.0912 e. The number of hydrogen-bond donors (Lipinski definition) is 1. The summed E-state index contributed by atoms with van der Waals surface area (Å²) >= 11 is 0. The monoisotopic (exact) mass is 148 g/mol. The van der Waals surface area contributed by atoms with Gasteiger partial charge in [0.25, 0.3) is 0 Å². The summed E-state index contributed by atoms with van der Waals surface area (Å²) in [4.78, 5) is 0. The van der Waals surface area contributed by atoms with Crippen LogP contribution >= 0.6 is 0 Å². The third-order valence-corrected chi connectivity index (χ3v) is 2.04. The van der Waals surface area contributed by atoms with Crippen LogP contribution in [0.2, 0.25) is 0 Å². The highest BCUT2D eigenvalue weighted by atomic mass is 14.6. The molecule has 0 amide bonds. The highest BCUT2D eigenvalue weighted by molar-refractivity contribution is 5.29. The zero-order valence-electron chi connectivity index (χ0n) is 6.67. The molecule has 2 heteroatoms. The summed E-state index contributed by atoms with van der Waals surface area (Å²) in [6.45, 7) is 2.43. The Balaban J connectivity index is 2.81. The second-order valence-corrected chi connectivity index (χ2v) is 2.96. The Hall–Kier alpha value is -1.07. The molecular formula is C9H12N2. The Kier molecular flexibility index (Phi) is 2.11. The molecule has 0 aliphatic heterocycles. The van der Waals surface area contributed by atoms with E-state index in [2.05, 4.69) is 12.1 Å². The lowest BCUT2D eigenvalue weighted by molar-refractivity contribution is 0.521. The van der Waals surface area contributed by atoms with Gasteiger partial charge in [0.2, 0.25) is 0 Å². The van der Waals surface area contributed by atoms with E-state index in [4.69, 9.17) is 11.0 Å². The van der Waals surface area contributed by atoms with Crippen LogP contribution < -0.4 is 5.73 Å². The minimum absolute atomic E-state index is 0.407. The number of nitrogens with zero attached hydrogens (tertiary/aromatic N) is 1. The molecule has 0 saturated carbocycles. The van der Waals surface area contributed by atoms with E-state index in [0.717, 1.165) is 6.42 Å². The average Bonchev–Trinajstić information content (AvgIpc) is 2.07. The van der Waals surface area contributed by atoms with Crippen molar-refractivity contribution in [1.82, 2.24) is 0 Å². The van der Waals surface area contributed by atoms with Crippen LogP contribution in [-0.2, 0) is 0 Å². The summed E-state index contributed by atoms with van der Waals surface area (Å²) in [6.07, 6.45) is 6.67. The van der Waals surface area contributed by atoms with E-state index in [1.807, 2.05) is 19.1 Å². The van der Waals surface area contributed by atoms with Gasteiger partial charge in [-0.2, -0.15) is 5.26 Å². The summed E-state index contributed by atoms with van der Waals surface area (Å²) < 4.78 is 0. The molecule has 0 bridgehead atoms. The van der Waals surface area contributed by atoms with Crippen LogP contribution in [0.5, 0.6) is 0 Å². The quantitative estimate of drug-likeness (QED) is 0.610. The van der Waals surface area contributed by atoms with Crippen LogP contribution in [0.25, 0.3) is 0 Å². The zero-order valence-corrected chi connectivity index (χ0v) is 6.67. The Morgan fingerprint density at radius 1 is 1.82 bits per heavy atom. The van der Waals surface area contributed by atoms with E-state index in [9.17, 15) is 0 Å². The van der Waals surface area contributed by atoms with Gasteiger partial charge in [0, 0.05) is 6.54 Å². The van der Waals surface area contributed by atoms with Gasteiger partial charge in [0.1, 0.15) is 0 Å². The first-order chi connectivity index (χ1) is 5.22. The molecule has 0 aromatic heterocycles. The molecule has 2 nitrogen and oxygen atoms in total. The fraction of sp³-hybridized carbons (Fsp3) is 0.444. The third kappa shape index (κ3) is 1.50. The van der Waals surface area contributed by atoms with Crippen LogP contribution in [0, 0.1) is 16.7 Å². The molecule has 58 valence electrons. The standard InChI is InChI=1S/C9H12N2/c1-8-2-4-9(6-10,7-11)5-3-8/h2-4H,5-6,10H2,1H3. The molecule has 2 N–H and O–H groups in total. The molecule has 0 aromatic carbocycles. The molecular weight excluding hydrogens is 136 g/mol. The lowest BCUT2D eigenvalue weighted by atomic mass is 9.82. The Morgan fingerprint density at radius 2 is 2.55 bits per heavy atom. The molecule has 0 heterocycles. The molecule has 0 radical (unpaired) electrons. The van der Waals surface area contributed by atoms with Crippen molar-refractivity contribution in [2.75, 3.05) is 6.54 Å². The lowest BCUT2D eigenvalue weighted by Crippen LogP contribution is -2.27. The van der Waals surface area contributed by atoms with E-state index < -0.39 is 5.41 Å². The molecule has 0 aromatic rings. The van der Waals surface area contributed by atoms with Gasteiger partial charge >= 0.3 is 0 Å². The number of nitriles is 1. The van der Waals surface area contributed by atoms with Gasteiger partial charge in [-0.1, -0.05) is 23.8 Å². The van der Waals surface area contributed by atoms with E-state index >= 15 is 0 Å². The Labute approximate surface area is 67.0 Å². The molecule has 1 aliphatic rings. The van der Waals surface area contributed by atoms with Crippen LogP contribution in [0.3, 0.4) is 0 Å². The molecule has 1 rings (SSSR count). The lowest BCUT2D eigenvalue weighted by Gasteiger charge is -2.21. The summed E-state index contributed by atoms with van der Waals surface area (Å²) in [5.41, 5.74) is 6.27. The van der Waals surface area contributed by atoms with E-state index in [-0.39, 0.29) is 0 Å². The van der Waals surface area contributed by atoms with Crippen LogP contribution in [0.1, 0.15) is 13.3 Å². The highest BCUT2D eigenvalue weighted by Crippen LogP contribution is 2.27. The number of allylic oxidation sites excluding steroid dienone is 3. The summed E-state index contributed by atoms with van der Waals surface area (Å²) in [7, 11) is 0. The van der Waals surface area contributed by atoms with Crippen molar-refractivity contribution >= 4 is 0 Å². The SMILES string of the molecule is CC1=CCC(C#N)(CN)C=C1. The van der Waals surface area contributed by atoms with Crippen LogP contribution in [0.15, 0.2) is 23.8 Å². The third-order valence-electron chi connectivity index (χ3n) is 2.04.